The summed E-state index contributed by atoms with van der Waals surface area (Å²) in [5, 5.41) is 0.996. The number of rotatable bonds is 3. The molecule has 1 saturated heterocycles. The largest absolute Gasteiger partial charge is 0.354 e. The highest BCUT2D eigenvalue weighted by atomic mass is 16.2. The van der Waals surface area contributed by atoms with Crippen molar-refractivity contribution in [3.8, 4) is 0 Å². The van der Waals surface area contributed by atoms with E-state index in [9.17, 15) is 4.79 Å². The van der Waals surface area contributed by atoms with Crippen molar-refractivity contribution >= 4 is 22.8 Å². The van der Waals surface area contributed by atoms with E-state index in [1.165, 1.54) is 0 Å². The minimum atomic E-state index is -0.00891. The Bertz CT molecular complexity index is 909. The van der Waals surface area contributed by atoms with Gasteiger partial charge in [0.1, 0.15) is 23.5 Å². The summed E-state index contributed by atoms with van der Waals surface area (Å²) in [6, 6.07) is 7.62. The first-order valence-corrected chi connectivity index (χ1v) is 8.86. The molecule has 1 amide bonds. The fourth-order valence-electron chi connectivity index (χ4n) is 3.69. The van der Waals surface area contributed by atoms with Crippen LogP contribution in [0.3, 0.4) is 0 Å². The molecule has 2 unspecified atom stereocenters. The smallest absolute Gasteiger partial charge is 0.272 e. The number of aromatic nitrogens is 4. The Morgan fingerprint density at radius 1 is 1.27 bits per heavy atom. The summed E-state index contributed by atoms with van der Waals surface area (Å²) in [7, 11) is 2.05. The van der Waals surface area contributed by atoms with Crippen LogP contribution in [0, 0.1) is 5.92 Å². The van der Waals surface area contributed by atoms with Crippen molar-refractivity contribution in [3.05, 3.63) is 48.7 Å². The Morgan fingerprint density at radius 2 is 2.15 bits per heavy atom. The quantitative estimate of drug-likeness (QED) is 0.784. The van der Waals surface area contributed by atoms with Crippen molar-refractivity contribution in [1.29, 1.82) is 0 Å². The molecule has 0 radical (unpaired) electrons. The van der Waals surface area contributed by atoms with Gasteiger partial charge in [-0.05, 0) is 30.5 Å². The number of H-pyrrole nitrogens is 1. The van der Waals surface area contributed by atoms with Crippen molar-refractivity contribution in [2.24, 2.45) is 5.92 Å². The lowest BCUT2D eigenvalue weighted by Gasteiger charge is -2.42. The number of piperidine rings is 1. The number of anilines is 1. The number of hydrogen-bond donors (Lipinski definition) is 1. The van der Waals surface area contributed by atoms with Gasteiger partial charge in [-0.1, -0.05) is 13.0 Å². The molecule has 0 bridgehead atoms. The van der Waals surface area contributed by atoms with E-state index in [0.717, 1.165) is 29.8 Å². The maximum atomic E-state index is 12.8. The molecule has 3 aromatic rings. The molecule has 0 spiro atoms. The van der Waals surface area contributed by atoms with Crippen molar-refractivity contribution in [2.75, 3.05) is 25.0 Å². The molecule has 7 nitrogen and oxygen atoms in total. The number of nitrogens with zero attached hydrogens (tertiary/aromatic N) is 5. The van der Waals surface area contributed by atoms with E-state index in [4.69, 9.17) is 0 Å². The Morgan fingerprint density at radius 3 is 2.96 bits per heavy atom. The van der Waals surface area contributed by atoms with Crippen molar-refractivity contribution < 1.29 is 4.79 Å². The molecule has 2 atom stereocenters. The third kappa shape index (κ3) is 2.89. The number of pyridine rings is 1. The lowest BCUT2D eigenvalue weighted by atomic mass is 9.92. The molecular formula is C19H22N6O. The fourth-order valence-corrected chi connectivity index (χ4v) is 3.69. The van der Waals surface area contributed by atoms with Crippen LogP contribution < -0.4 is 4.90 Å². The molecule has 1 aliphatic heterocycles. The van der Waals surface area contributed by atoms with Gasteiger partial charge in [-0.2, -0.15) is 0 Å². The summed E-state index contributed by atoms with van der Waals surface area (Å²) < 4.78 is 0. The van der Waals surface area contributed by atoms with Gasteiger partial charge in [0.2, 0.25) is 0 Å². The third-order valence-electron chi connectivity index (χ3n) is 5.25. The summed E-state index contributed by atoms with van der Waals surface area (Å²) in [6.45, 7) is 3.65. The molecule has 0 aliphatic carbocycles. The first kappa shape index (κ1) is 16.5. The standard InChI is InChI=1S/C19H22N6O/c1-13-7-10-25(19(26)15-5-3-4-8-20-15)11-16(13)24(2)18-14-6-9-21-17(14)22-12-23-18/h3-6,8-9,12-13,16H,7,10-11H2,1-2H3,(H,21,22,23). The van der Waals surface area contributed by atoms with Crippen LogP contribution in [0.2, 0.25) is 0 Å². The van der Waals surface area contributed by atoms with E-state index in [1.54, 1.807) is 18.6 Å². The number of aromatic amines is 1. The maximum Gasteiger partial charge on any atom is 0.272 e. The van der Waals surface area contributed by atoms with E-state index in [2.05, 4.69) is 31.8 Å². The summed E-state index contributed by atoms with van der Waals surface area (Å²) in [5.41, 5.74) is 1.32. The molecule has 4 rings (SSSR count). The molecule has 4 heterocycles. The molecule has 134 valence electrons. The second kappa shape index (κ2) is 6.74. The lowest BCUT2D eigenvalue weighted by molar-refractivity contribution is 0.0664. The Labute approximate surface area is 152 Å². The van der Waals surface area contributed by atoms with Gasteiger partial charge in [0.15, 0.2) is 0 Å². The number of likely N-dealkylation sites (N-methyl/N-ethyl adjacent to an activating group) is 1. The first-order chi connectivity index (χ1) is 12.6. The van der Waals surface area contributed by atoms with Crippen LogP contribution >= 0.6 is 0 Å². The van der Waals surface area contributed by atoms with Crippen LogP contribution in [0.25, 0.3) is 11.0 Å². The van der Waals surface area contributed by atoms with E-state index >= 15 is 0 Å². The van der Waals surface area contributed by atoms with Crippen LogP contribution in [-0.2, 0) is 0 Å². The fraction of sp³-hybridized carbons (Fsp3) is 0.368. The number of carbonyl (C=O) groups is 1. The molecule has 26 heavy (non-hydrogen) atoms. The molecule has 1 aliphatic rings. The molecule has 7 heteroatoms. The number of fused-ring (bicyclic) bond motifs is 1. The first-order valence-electron chi connectivity index (χ1n) is 8.86. The highest BCUT2D eigenvalue weighted by molar-refractivity contribution is 5.92. The summed E-state index contributed by atoms with van der Waals surface area (Å²) >= 11 is 0. The number of likely N-dealkylation sites (tertiary alicyclic amines) is 1. The summed E-state index contributed by atoms with van der Waals surface area (Å²) in [4.78, 5) is 33.0. The number of hydrogen-bond acceptors (Lipinski definition) is 5. The summed E-state index contributed by atoms with van der Waals surface area (Å²) in [5.74, 6) is 1.34. The van der Waals surface area contributed by atoms with Gasteiger partial charge in [0, 0.05) is 32.5 Å². The van der Waals surface area contributed by atoms with Gasteiger partial charge < -0.3 is 14.8 Å². The Kier molecular flexibility index (Phi) is 4.28. The summed E-state index contributed by atoms with van der Waals surface area (Å²) in [6.07, 6.45) is 6.06. The van der Waals surface area contributed by atoms with Crippen molar-refractivity contribution in [3.63, 3.8) is 0 Å². The zero-order valence-electron chi connectivity index (χ0n) is 15.0. The average molecular weight is 350 g/mol. The topological polar surface area (TPSA) is 78.0 Å². The molecule has 1 fully saturated rings. The van der Waals surface area contributed by atoms with Gasteiger partial charge in [-0.3, -0.25) is 9.78 Å². The van der Waals surface area contributed by atoms with Crippen LogP contribution in [0.4, 0.5) is 5.82 Å². The maximum absolute atomic E-state index is 12.8. The second-order valence-electron chi connectivity index (χ2n) is 6.85. The average Bonchev–Trinajstić information content (AvgIpc) is 3.17. The number of carbonyl (C=O) groups excluding carboxylic acids is 1. The van der Waals surface area contributed by atoms with Crippen LogP contribution in [0.1, 0.15) is 23.8 Å². The molecule has 1 N–H and O–H groups in total. The van der Waals surface area contributed by atoms with Gasteiger partial charge in [0.25, 0.3) is 5.91 Å². The SMILES string of the molecule is CC1CCN(C(=O)c2ccccn2)CC1N(C)c1ncnc2[nH]ccc12. The van der Waals surface area contributed by atoms with Gasteiger partial charge >= 0.3 is 0 Å². The van der Waals surface area contributed by atoms with E-state index in [1.807, 2.05) is 36.3 Å². The molecule has 0 aromatic carbocycles. The van der Waals surface area contributed by atoms with E-state index in [0.29, 0.717) is 18.2 Å². The zero-order chi connectivity index (χ0) is 18.1. The molecule has 3 aromatic heterocycles. The lowest BCUT2D eigenvalue weighted by Crippen LogP contribution is -2.53. The number of amides is 1. The van der Waals surface area contributed by atoms with Gasteiger partial charge in [-0.25, -0.2) is 9.97 Å². The Balaban J connectivity index is 1.59. The minimum Gasteiger partial charge on any atom is -0.354 e. The zero-order valence-corrected chi connectivity index (χ0v) is 15.0. The van der Waals surface area contributed by atoms with E-state index < -0.39 is 0 Å². The predicted octanol–water partition coefficient (Wildman–Crippen LogP) is 2.34. The number of nitrogens with one attached hydrogen (secondary N) is 1. The molecular weight excluding hydrogens is 328 g/mol. The van der Waals surface area contributed by atoms with Crippen LogP contribution in [0.5, 0.6) is 0 Å². The predicted molar refractivity (Wildman–Crippen MR) is 100 cm³/mol. The molecule has 0 saturated carbocycles. The van der Waals surface area contributed by atoms with Crippen LogP contribution in [0.15, 0.2) is 43.0 Å². The van der Waals surface area contributed by atoms with Crippen molar-refractivity contribution in [2.45, 2.75) is 19.4 Å². The van der Waals surface area contributed by atoms with Gasteiger partial charge in [0.05, 0.1) is 11.4 Å². The highest BCUT2D eigenvalue weighted by Crippen LogP contribution is 2.29. The Hall–Kier alpha value is -2.96. The van der Waals surface area contributed by atoms with E-state index in [-0.39, 0.29) is 11.9 Å². The van der Waals surface area contributed by atoms with Crippen molar-refractivity contribution in [1.82, 2.24) is 24.8 Å². The normalized spacial score (nSPS) is 20.3. The van der Waals surface area contributed by atoms with Crippen LogP contribution in [-0.4, -0.2) is 56.9 Å². The highest BCUT2D eigenvalue weighted by Gasteiger charge is 2.33. The minimum absolute atomic E-state index is 0.00891. The second-order valence-corrected chi connectivity index (χ2v) is 6.85. The monoisotopic (exact) mass is 350 g/mol. The van der Waals surface area contributed by atoms with Gasteiger partial charge in [-0.15, -0.1) is 0 Å². The third-order valence-corrected chi connectivity index (χ3v) is 5.25.